The molecule has 0 unspecified atom stereocenters. The van der Waals surface area contributed by atoms with Gasteiger partial charge in [0.25, 0.3) is 0 Å². The van der Waals surface area contributed by atoms with Gasteiger partial charge in [0.15, 0.2) is 6.04 Å². The van der Waals surface area contributed by atoms with E-state index in [1.54, 1.807) is 33.0 Å². The van der Waals surface area contributed by atoms with Crippen LogP contribution in [0, 0.1) is 0 Å². The Hall–Kier alpha value is -0.810. The largest absolute Gasteiger partial charge is 0.480 e. The number of carboxylic acid groups (broad SMARTS) is 1. The Bertz CT molecular complexity index is 292. The smallest absolute Gasteiger partial charge is 0.328 e. The second kappa shape index (κ2) is 6.70. The van der Waals surface area contributed by atoms with Gasteiger partial charge in [-0.05, 0) is 27.0 Å². The predicted octanol–water partition coefficient (Wildman–Crippen LogP) is 0.880. The maximum atomic E-state index is 10.9. The van der Waals surface area contributed by atoms with Gasteiger partial charge in [-0.1, -0.05) is 0 Å². The number of carbonyl (C=O) groups excluding carboxylic acids is 1. The molecule has 1 atom stereocenters. The van der Waals surface area contributed by atoms with Gasteiger partial charge in [-0.3, -0.25) is 9.63 Å². The first-order chi connectivity index (χ1) is 7.31. The first-order valence-corrected chi connectivity index (χ1v) is 6.10. The Balaban J connectivity index is 4.62. The van der Waals surface area contributed by atoms with Gasteiger partial charge in [-0.25, -0.2) is 4.79 Å². The van der Waals surface area contributed by atoms with Crippen molar-refractivity contribution in [2.24, 2.45) is 0 Å². The number of rotatable bonds is 6. The summed E-state index contributed by atoms with van der Waals surface area (Å²) in [7, 11) is 0. The Labute approximate surface area is 99.2 Å². The molecule has 0 radical (unpaired) electrons. The average Bonchev–Trinajstić information content (AvgIpc) is 2.14. The number of hydrogen-bond donors (Lipinski definition) is 2. The zero-order valence-corrected chi connectivity index (χ0v) is 10.7. The maximum absolute atomic E-state index is 10.9. The third-order valence-corrected chi connectivity index (χ3v) is 2.11. The van der Waals surface area contributed by atoms with E-state index in [0.717, 1.165) is 0 Å². The van der Waals surface area contributed by atoms with Gasteiger partial charge >= 0.3 is 5.97 Å². The number of carbonyl (C=O) groups is 1. The monoisotopic (exact) mass is 247 g/mol. The highest BCUT2D eigenvalue weighted by atomic mass is 32.2. The van der Waals surface area contributed by atoms with Crippen LogP contribution in [0.2, 0.25) is 0 Å². The molecule has 0 fully saturated rings. The molecule has 0 aromatic heterocycles. The van der Waals surface area contributed by atoms with Crippen molar-refractivity contribution in [3.63, 3.8) is 0 Å². The Kier molecular flexibility index (Phi) is 6.36. The number of carboxylic acids is 1. The standard InChI is InChI=1S/C10H17NO4S/c1-10(2,3)15-11-8(9(13)14)7(5-12)6-16-4/h8,11H,6H2,1-4H3,(H,13,14)/t8-/m0/s1. The van der Waals surface area contributed by atoms with Gasteiger partial charge in [-0.2, -0.15) is 17.2 Å². The Morgan fingerprint density at radius 3 is 2.44 bits per heavy atom. The summed E-state index contributed by atoms with van der Waals surface area (Å²) in [5.41, 5.74) is 1.98. The van der Waals surface area contributed by atoms with E-state index in [1.807, 2.05) is 0 Å². The molecule has 0 aromatic carbocycles. The average molecular weight is 247 g/mol. The van der Waals surface area contributed by atoms with Crippen LogP contribution < -0.4 is 5.48 Å². The highest BCUT2D eigenvalue weighted by molar-refractivity contribution is 7.98. The molecular weight excluding hydrogens is 230 g/mol. The van der Waals surface area contributed by atoms with Gasteiger partial charge in [0.2, 0.25) is 0 Å². The molecule has 0 saturated carbocycles. The molecule has 0 aliphatic heterocycles. The topological polar surface area (TPSA) is 75.6 Å². The van der Waals surface area contributed by atoms with E-state index in [-0.39, 0.29) is 5.57 Å². The molecule has 0 bridgehead atoms. The molecule has 0 saturated heterocycles. The summed E-state index contributed by atoms with van der Waals surface area (Å²) in [6, 6.07) is -1.15. The molecule has 0 aliphatic carbocycles. The molecule has 0 amide bonds. The van der Waals surface area contributed by atoms with Crippen LogP contribution in [-0.4, -0.2) is 40.7 Å². The van der Waals surface area contributed by atoms with Crippen molar-refractivity contribution >= 4 is 23.7 Å². The van der Waals surface area contributed by atoms with Crippen molar-refractivity contribution in [2.45, 2.75) is 32.4 Å². The molecule has 16 heavy (non-hydrogen) atoms. The van der Waals surface area contributed by atoms with Crippen LogP contribution >= 0.6 is 11.8 Å². The summed E-state index contributed by atoms with van der Waals surface area (Å²) in [6.45, 7) is 5.33. The van der Waals surface area contributed by atoms with Crippen molar-refractivity contribution in [3.05, 3.63) is 5.57 Å². The van der Waals surface area contributed by atoms with E-state index in [9.17, 15) is 9.59 Å². The molecule has 0 aromatic rings. The summed E-state index contributed by atoms with van der Waals surface area (Å²) in [5.74, 6) is 0.794. The molecule has 6 heteroatoms. The number of hydrogen-bond acceptors (Lipinski definition) is 5. The van der Waals surface area contributed by atoms with Crippen LogP contribution in [0.3, 0.4) is 0 Å². The first kappa shape index (κ1) is 15.2. The minimum absolute atomic E-state index is 0.129. The summed E-state index contributed by atoms with van der Waals surface area (Å²) >= 11 is 1.35. The van der Waals surface area contributed by atoms with Gasteiger partial charge in [0.05, 0.1) is 11.2 Å². The highest BCUT2D eigenvalue weighted by Gasteiger charge is 2.25. The fourth-order valence-electron chi connectivity index (χ4n) is 0.834. The molecule has 0 rings (SSSR count). The third-order valence-electron chi connectivity index (χ3n) is 1.51. The lowest BCUT2D eigenvalue weighted by Gasteiger charge is -2.23. The molecule has 2 N–H and O–H groups in total. The number of thioether (sulfide) groups is 1. The molecule has 0 heterocycles. The molecule has 5 nitrogen and oxygen atoms in total. The summed E-state index contributed by atoms with van der Waals surface area (Å²) < 4.78 is 0. The molecule has 0 aliphatic rings. The number of aliphatic carboxylic acids is 1. The zero-order valence-electron chi connectivity index (χ0n) is 9.86. The molecule has 0 spiro atoms. The Morgan fingerprint density at radius 1 is 1.56 bits per heavy atom. The zero-order chi connectivity index (χ0) is 12.8. The quantitative estimate of drug-likeness (QED) is 0.536. The summed E-state index contributed by atoms with van der Waals surface area (Å²) in [5, 5.41) is 8.95. The van der Waals surface area contributed by atoms with E-state index in [2.05, 4.69) is 5.48 Å². The van der Waals surface area contributed by atoms with Crippen molar-refractivity contribution in [3.8, 4) is 0 Å². The van der Waals surface area contributed by atoms with Gasteiger partial charge in [0.1, 0.15) is 5.94 Å². The van der Waals surface area contributed by atoms with Gasteiger partial charge < -0.3 is 5.11 Å². The summed E-state index contributed by atoms with van der Waals surface area (Å²) in [6.07, 6.45) is 1.78. The van der Waals surface area contributed by atoms with E-state index in [1.165, 1.54) is 11.8 Å². The van der Waals surface area contributed by atoms with Crippen molar-refractivity contribution < 1.29 is 19.5 Å². The lowest BCUT2D eigenvalue weighted by Crippen LogP contribution is -2.43. The van der Waals surface area contributed by atoms with E-state index < -0.39 is 17.6 Å². The van der Waals surface area contributed by atoms with Crippen LogP contribution in [0.1, 0.15) is 20.8 Å². The van der Waals surface area contributed by atoms with Gasteiger partial charge in [-0.15, -0.1) is 0 Å². The second-order valence-electron chi connectivity index (χ2n) is 4.16. The van der Waals surface area contributed by atoms with Crippen LogP contribution in [0.5, 0.6) is 0 Å². The van der Waals surface area contributed by atoms with Crippen molar-refractivity contribution in [1.82, 2.24) is 5.48 Å². The Morgan fingerprint density at radius 2 is 2.12 bits per heavy atom. The fourth-order valence-corrected chi connectivity index (χ4v) is 1.37. The first-order valence-electron chi connectivity index (χ1n) is 4.71. The van der Waals surface area contributed by atoms with E-state index in [0.29, 0.717) is 5.75 Å². The van der Waals surface area contributed by atoms with Crippen LogP contribution in [-0.2, 0) is 14.4 Å². The lowest BCUT2D eigenvalue weighted by atomic mass is 10.1. The molecular formula is C10H17NO4S. The minimum atomic E-state index is -1.16. The SMILES string of the molecule is CSCC(=C=O)[C@H](NOC(C)(C)C)C(=O)O. The normalized spacial score (nSPS) is 13.0. The maximum Gasteiger partial charge on any atom is 0.328 e. The van der Waals surface area contributed by atoms with E-state index in [4.69, 9.17) is 9.94 Å². The third kappa shape index (κ3) is 5.92. The number of hydroxylamine groups is 1. The van der Waals surface area contributed by atoms with Crippen LogP contribution in [0.25, 0.3) is 0 Å². The number of nitrogens with one attached hydrogen (secondary N) is 1. The van der Waals surface area contributed by atoms with Crippen LogP contribution in [0.4, 0.5) is 0 Å². The van der Waals surface area contributed by atoms with Crippen molar-refractivity contribution in [2.75, 3.05) is 12.0 Å². The fraction of sp³-hybridized carbons (Fsp3) is 0.700. The second-order valence-corrected chi connectivity index (χ2v) is 5.03. The van der Waals surface area contributed by atoms with Crippen LogP contribution in [0.15, 0.2) is 5.57 Å². The lowest BCUT2D eigenvalue weighted by molar-refractivity contribution is -0.147. The predicted molar refractivity (Wildman–Crippen MR) is 63.0 cm³/mol. The molecule has 92 valence electrons. The van der Waals surface area contributed by atoms with Crippen molar-refractivity contribution in [1.29, 1.82) is 0 Å². The van der Waals surface area contributed by atoms with E-state index >= 15 is 0 Å². The van der Waals surface area contributed by atoms with Gasteiger partial charge in [0, 0.05) is 5.75 Å². The summed E-state index contributed by atoms with van der Waals surface area (Å²) in [4.78, 5) is 26.7. The highest BCUT2D eigenvalue weighted by Crippen LogP contribution is 2.10. The minimum Gasteiger partial charge on any atom is -0.480 e.